The molecule has 2 aromatic carbocycles. The molecule has 2 aromatic rings. The quantitative estimate of drug-likeness (QED) is 0.472. The van der Waals surface area contributed by atoms with E-state index in [0.717, 1.165) is 14.5 Å². The van der Waals surface area contributed by atoms with Gasteiger partial charge < -0.3 is 15.2 Å². The van der Waals surface area contributed by atoms with Crippen molar-refractivity contribution in [3.63, 3.8) is 0 Å². The first kappa shape index (κ1) is 14.4. The van der Waals surface area contributed by atoms with E-state index in [0.29, 0.717) is 18.0 Å². The van der Waals surface area contributed by atoms with Crippen LogP contribution in [0.2, 0.25) is 0 Å². The fraction of sp³-hybridized carbons (Fsp3) is 0.143. The maximum absolute atomic E-state index is 5.71. The lowest BCUT2D eigenvalue weighted by Gasteiger charge is -2.11. The van der Waals surface area contributed by atoms with Gasteiger partial charge in [-0.25, -0.2) is 0 Å². The number of benzene rings is 2. The lowest BCUT2D eigenvalue weighted by molar-refractivity contribution is 0.00423. The molecule has 0 unspecified atom stereocenters. The van der Waals surface area contributed by atoms with E-state index in [1.165, 1.54) is 0 Å². The van der Waals surface area contributed by atoms with Crippen LogP contribution in [-0.2, 0) is 11.3 Å². The zero-order valence-corrected chi connectivity index (χ0v) is 13.3. The molecule has 0 amide bonds. The average molecular weight is 387 g/mol. The smallest absolute Gasteiger partial charge is 0.189 e. The Balaban J connectivity index is 1.86. The topological polar surface area (TPSA) is 44.5 Å². The van der Waals surface area contributed by atoms with Crippen molar-refractivity contribution in [3.8, 4) is 5.75 Å². The Morgan fingerprint density at radius 3 is 2.26 bits per heavy atom. The van der Waals surface area contributed by atoms with Gasteiger partial charge in [0.1, 0.15) is 0 Å². The summed E-state index contributed by atoms with van der Waals surface area (Å²) < 4.78 is 12.6. The van der Waals surface area contributed by atoms with E-state index in [-0.39, 0.29) is 6.79 Å². The third kappa shape index (κ3) is 4.23. The van der Waals surface area contributed by atoms with E-state index < -0.39 is 0 Å². The zero-order valence-electron chi connectivity index (χ0n) is 10.1. The van der Waals surface area contributed by atoms with Gasteiger partial charge in [0.15, 0.2) is 12.5 Å². The number of hydrogen-bond acceptors (Lipinski definition) is 3. The summed E-state index contributed by atoms with van der Waals surface area (Å²) in [5, 5.41) is 0. The van der Waals surface area contributed by atoms with Crippen LogP contribution in [0.4, 0.5) is 5.69 Å². The SMILES string of the molecule is Nc1cc(Br)c(OCOCc2ccccc2)c(Br)c1. The molecule has 5 heteroatoms. The number of nitrogen functional groups attached to an aromatic ring is 1. The third-order valence-corrected chi connectivity index (χ3v) is 3.60. The molecular formula is C14H13Br2NO2. The summed E-state index contributed by atoms with van der Waals surface area (Å²) in [6.45, 7) is 0.695. The van der Waals surface area contributed by atoms with Crippen molar-refractivity contribution < 1.29 is 9.47 Å². The molecule has 0 atom stereocenters. The minimum Gasteiger partial charge on any atom is -0.465 e. The van der Waals surface area contributed by atoms with Crippen LogP contribution in [0, 0.1) is 0 Å². The van der Waals surface area contributed by atoms with Crippen LogP contribution in [0.1, 0.15) is 5.56 Å². The number of anilines is 1. The Morgan fingerprint density at radius 1 is 1.00 bits per heavy atom. The summed E-state index contributed by atoms with van der Waals surface area (Å²) in [6, 6.07) is 13.5. The maximum Gasteiger partial charge on any atom is 0.189 e. The molecule has 19 heavy (non-hydrogen) atoms. The van der Waals surface area contributed by atoms with Gasteiger partial charge in [-0.1, -0.05) is 30.3 Å². The van der Waals surface area contributed by atoms with Crippen molar-refractivity contribution in [2.75, 3.05) is 12.5 Å². The number of rotatable bonds is 5. The van der Waals surface area contributed by atoms with Crippen LogP contribution < -0.4 is 10.5 Å². The lowest BCUT2D eigenvalue weighted by atomic mass is 10.2. The second kappa shape index (κ2) is 6.93. The molecule has 0 aliphatic carbocycles. The van der Waals surface area contributed by atoms with Gasteiger partial charge in [-0.3, -0.25) is 0 Å². The molecule has 0 heterocycles. The van der Waals surface area contributed by atoms with Crippen molar-refractivity contribution in [2.45, 2.75) is 6.61 Å². The first-order chi connectivity index (χ1) is 9.16. The molecule has 0 bridgehead atoms. The van der Waals surface area contributed by atoms with Gasteiger partial charge >= 0.3 is 0 Å². The summed E-state index contributed by atoms with van der Waals surface area (Å²) in [7, 11) is 0. The van der Waals surface area contributed by atoms with Gasteiger partial charge in [0.05, 0.1) is 15.6 Å². The van der Waals surface area contributed by atoms with Crippen LogP contribution in [0.3, 0.4) is 0 Å². The number of nitrogens with two attached hydrogens (primary N) is 1. The Hall–Kier alpha value is -1.04. The molecule has 2 rings (SSSR count). The Kier molecular flexibility index (Phi) is 5.24. The Morgan fingerprint density at radius 2 is 1.63 bits per heavy atom. The van der Waals surface area contributed by atoms with E-state index in [4.69, 9.17) is 15.2 Å². The van der Waals surface area contributed by atoms with E-state index in [1.807, 2.05) is 30.3 Å². The number of hydrogen-bond donors (Lipinski definition) is 1. The highest BCUT2D eigenvalue weighted by molar-refractivity contribution is 9.11. The maximum atomic E-state index is 5.71. The predicted molar refractivity (Wildman–Crippen MR) is 83.0 cm³/mol. The van der Waals surface area contributed by atoms with Gasteiger partial charge in [-0.15, -0.1) is 0 Å². The highest BCUT2D eigenvalue weighted by atomic mass is 79.9. The van der Waals surface area contributed by atoms with Gasteiger partial charge in [-0.2, -0.15) is 0 Å². The van der Waals surface area contributed by atoms with Crippen LogP contribution in [0.15, 0.2) is 51.4 Å². The van der Waals surface area contributed by atoms with E-state index in [1.54, 1.807) is 12.1 Å². The number of ether oxygens (including phenoxy) is 2. The predicted octanol–water partition coefficient (Wildman–Crippen LogP) is 4.35. The van der Waals surface area contributed by atoms with Gasteiger partial charge in [0.2, 0.25) is 0 Å². The first-order valence-electron chi connectivity index (χ1n) is 5.66. The Bertz CT molecular complexity index is 523. The van der Waals surface area contributed by atoms with Crippen LogP contribution >= 0.6 is 31.9 Å². The highest BCUT2D eigenvalue weighted by Crippen LogP contribution is 2.35. The third-order valence-electron chi connectivity index (χ3n) is 2.42. The van der Waals surface area contributed by atoms with Crippen molar-refractivity contribution in [1.29, 1.82) is 0 Å². The minimum atomic E-state index is 0.177. The molecular weight excluding hydrogens is 374 g/mol. The van der Waals surface area contributed by atoms with E-state index >= 15 is 0 Å². The van der Waals surface area contributed by atoms with Crippen molar-refractivity contribution in [3.05, 3.63) is 57.0 Å². The van der Waals surface area contributed by atoms with Gasteiger partial charge in [-0.05, 0) is 49.6 Å². The molecule has 3 nitrogen and oxygen atoms in total. The van der Waals surface area contributed by atoms with Crippen molar-refractivity contribution in [1.82, 2.24) is 0 Å². The van der Waals surface area contributed by atoms with E-state index in [2.05, 4.69) is 31.9 Å². The molecule has 0 aliphatic rings. The molecule has 0 spiro atoms. The normalized spacial score (nSPS) is 10.4. The molecule has 2 N–H and O–H groups in total. The summed E-state index contributed by atoms with van der Waals surface area (Å²) in [6.07, 6.45) is 0. The molecule has 0 aromatic heterocycles. The number of halogens is 2. The Labute approximate surface area is 129 Å². The minimum absolute atomic E-state index is 0.177. The standard InChI is InChI=1S/C14H13Br2NO2/c15-12-6-11(17)7-13(16)14(12)19-9-18-8-10-4-2-1-3-5-10/h1-7H,8-9,17H2. The molecule has 100 valence electrons. The van der Waals surface area contributed by atoms with Crippen LogP contribution in [0.5, 0.6) is 5.75 Å². The monoisotopic (exact) mass is 385 g/mol. The highest BCUT2D eigenvalue weighted by Gasteiger charge is 2.07. The van der Waals surface area contributed by atoms with E-state index in [9.17, 15) is 0 Å². The zero-order chi connectivity index (χ0) is 13.7. The molecule has 0 radical (unpaired) electrons. The largest absolute Gasteiger partial charge is 0.465 e. The summed E-state index contributed by atoms with van der Waals surface area (Å²) >= 11 is 6.81. The molecule has 0 aliphatic heterocycles. The lowest BCUT2D eigenvalue weighted by Crippen LogP contribution is -2.04. The van der Waals surface area contributed by atoms with Gasteiger partial charge in [0, 0.05) is 5.69 Å². The van der Waals surface area contributed by atoms with Gasteiger partial charge in [0.25, 0.3) is 0 Å². The average Bonchev–Trinajstić information content (AvgIpc) is 2.38. The fourth-order valence-corrected chi connectivity index (χ4v) is 3.00. The fourth-order valence-electron chi connectivity index (χ4n) is 1.55. The second-order valence-corrected chi connectivity index (χ2v) is 5.62. The summed E-state index contributed by atoms with van der Waals surface area (Å²) in [5.41, 5.74) is 7.49. The van der Waals surface area contributed by atoms with Crippen LogP contribution in [0.25, 0.3) is 0 Å². The summed E-state index contributed by atoms with van der Waals surface area (Å²) in [5.74, 6) is 0.683. The van der Waals surface area contributed by atoms with Crippen LogP contribution in [-0.4, -0.2) is 6.79 Å². The first-order valence-corrected chi connectivity index (χ1v) is 7.24. The molecule has 0 saturated carbocycles. The summed E-state index contributed by atoms with van der Waals surface area (Å²) in [4.78, 5) is 0. The molecule has 0 saturated heterocycles. The van der Waals surface area contributed by atoms with Crippen molar-refractivity contribution in [2.24, 2.45) is 0 Å². The second-order valence-electron chi connectivity index (χ2n) is 3.91. The molecule has 0 fully saturated rings. The van der Waals surface area contributed by atoms with Crippen molar-refractivity contribution >= 4 is 37.5 Å².